The lowest BCUT2D eigenvalue weighted by Gasteiger charge is -2.30. The summed E-state index contributed by atoms with van der Waals surface area (Å²) in [4.78, 5) is 28.4. The summed E-state index contributed by atoms with van der Waals surface area (Å²) in [7, 11) is -7.80. The second-order valence-electron chi connectivity index (χ2n) is 12.8. The molecule has 2 rings (SSSR count). The fourth-order valence-electron chi connectivity index (χ4n) is 5.01. The third kappa shape index (κ3) is 16.9. The number of amides is 2. The molecule has 2 atom stereocenters. The molecule has 0 bridgehead atoms. The quantitative estimate of drug-likeness (QED) is 0.0867. The zero-order chi connectivity index (χ0) is 37.2. The third-order valence-electron chi connectivity index (χ3n) is 7.69. The molecule has 0 unspecified atom stereocenters. The summed E-state index contributed by atoms with van der Waals surface area (Å²) in [5.41, 5.74) is 6.23. The lowest BCUT2D eigenvalue weighted by molar-refractivity contribution is -0.141. The maximum absolute atomic E-state index is 13.6. The van der Waals surface area contributed by atoms with Crippen LogP contribution in [0.2, 0.25) is 0 Å². The molecule has 4 N–H and O–H groups in total. The fourth-order valence-corrected chi connectivity index (χ4v) is 6.96. The van der Waals surface area contributed by atoms with E-state index in [0.717, 1.165) is 28.6 Å². The van der Waals surface area contributed by atoms with Gasteiger partial charge in [0.2, 0.25) is 21.8 Å². The van der Waals surface area contributed by atoms with E-state index < -0.39 is 43.8 Å². The van der Waals surface area contributed by atoms with E-state index >= 15 is 0 Å². The highest BCUT2D eigenvalue weighted by molar-refractivity contribution is 7.89. The molecule has 0 saturated carbocycles. The average molecular weight is 725 g/mol. The van der Waals surface area contributed by atoms with E-state index in [9.17, 15) is 31.6 Å². The molecule has 0 aliphatic heterocycles. The second kappa shape index (κ2) is 21.8. The van der Waals surface area contributed by atoms with E-state index in [2.05, 4.69) is 10.3 Å². The summed E-state index contributed by atoms with van der Waals surface area (Å²) in [6, 6.07) is 15.5. The van der Waals surface area contributed by atoms with Crippen LogP contribution in [0.3, 0.4) is 0 Å². The summed E-state index contributed by atoms with van der Waals surface area (Å²) >= 11 is 0. The molecule has 12 nitrogen and oxygen atoms in total. The van der Waals surface area contributed by atoms with E-state index in [-0.39, 0.29) is 35.4 Å². The molecule has 2 aromatic rings. The first kappa shape index (κ1) is 43.9. The van der Waals surface area contributed by atoms with Crippen molar-refractivity contribution in [1.82, 2.24) is 20.2 Å². The molecule has 276 valence electrons. The van der Waals surface area contributed by atoms with E-state index in [4.69, 9.17) is 4.55 Å². The molecule has 0 spiro atoms. The van der Waals surface area contributed by atoms with Crippen LogP contribution in [0.4, 0.5) is 0 Å². The number of benzene rings is 2. The molecular weight excluding hydrogens is 669 g/mol. The minimum absolute atomic E-state index is 0.0262. The molecule has 0 saturated heterocycles. The monoisotopic (exact) mass is 724 g/mol. The number of aryl methyl sites for hydroxylation is 1. The summed E-state index contributed by atoms with van der Waals surface area (Å²) in [5.74, 6) is -3.01. The van der Waals surface area contributed by atoms with Gasteiger partial charge in [-0.1, -0.05) is 102 Å². The highest BCUT2D eigenvalue weighted by atomic mass is 32.2. The van der Waals surface area contributed by atoms with Crippen molar-refractivity contribution in [2.45, 2.75) is 72.6 Å². The van der Waals surface area contributed by atoms with Crippen molar-refractivity contribution in [2.75, 3.05) is 31.9 Å². The average Bonchev–Trinajstić information content (AvgIpc) is 3.03. The number of hydrogen-bond donors (Lipinski definition) is 4. The molecule has 0 aliphatic carbocycles. The predicted molar refractivity (Wildman–Crippen MR) is 193 cm³/mol. The van der Waals surface area contributed by atoms with Crippen LogP contribution >= 0.6 is 0 Å². The number of hydrazine groups is 1. The van der Waals surface area contributed by atoms with Gasteiger partial charge in [-0.05, 0) is 75.4 Å². The normalized spacial score (nSPS) is 13.4. The van der Waals surface area contributed by atoms with Crippen LogP contribution in [-0.2, 0) is 29.7 Å². The van der Waals surface area contributed by atoms with Gasteiger partial charge in [0.05, 0.1) is 22.5 Å². The molecule has 0 heterocycles. The standard InChI is InChI=1S/C28H48N4O5S.C7H8O3S/c1-7-31(8-2)18-13-19-38(36,37)32(21-23(5)6)29-27(33)26(20-22(3)4)25(28(34)30-35)17-12-16-24-14-10-9-11-15-24;1-6-2-4-7(5-3-6)11(8,9)10/h9-12,14-16,22-23,25-26,35H,7-8,13,17-21H2,1-6H3,(H,29,33)(H,30,34);2-5H,1H3,(H,8,9,10)/t25-,26+;/m0./s1. The maximum Gasteiger partial charge on any atom is 0.294 e. The van der Waals surface area contributed by atoms with Crippen LogP contribution in [0.15, 0.2) is 65.6 Å². The van der Waals surface area contributed by atoms with Gasteiger partial charge >= 0.3 is 0 Å². The minimum Gasteiger partial charge on any atom is -0.304 e. The van der Waals surface area contributed by atoms with E-state index in [0.29, 0.717) is 19.4 Å². The molecule has 49 heavy (non-hydrogen) atoms. The molecular formula is C35H56N4O8S2. The first-order valence-corrected chi connectivity index (χ1v) is 19.7. The van der Waals surface area contributed by atoms with Crippen molar-refractivity contribution in [2.24, 2.45) is 23.7 Å². The number of rotatable bonds is 19. The lowest BCUT2D eigenvalue weighted by Crippen LogP contribution is -2.52. The summed E-state index contributed by atoms with van der Waals surface area (Å²) in [5, 5.41) is 9.43. The van der Waals surface area contributed by atoms with Crippen LogP contribution < -0.4 is 10.9 Å². The lowest BCUT2D eigenvalue weighted by atomic mass is 9.82. The molecule has 14 heteroatoms. The van der Waals surface area contributed by atoms with Crippen molar-refractivity contribution in [3.8, 4) is 0 Å². The van der Waals surface area contributed by atoms with E-state index in [1.54, 1.807) is 23.7 Å². The Morgan fingerprint density at radius 2 is 1.45 bits per heavy atom. The predicted octanol–water partition coefficient (Wildman–Crippen LogP) is 5.17. The first-order valence-electron chi connectivity index (χ1n) is 16.7. The van der Waals surface area contributed by atoms with Gasteiger partial charge in [-0.2, -0.15) is 8.42 Å². The highest BCUT2D eigenvalue weighted by Gasteiger charge is 2.36. The zero-order valence-corrected chi connectivity index (χ0v) is 31.5. The van der Waals surface area contributed by atoms with Crippen molar-refractivity contribution in [3.05, 3.63) is 71.8 Å². The van der Waals surface area contributed by atoms with Crippen molar-refractivity contribution < 1.29 is 36.2 Å². The number of carbonyl (C=O) groups excluding carboxylic acids is 2. The van der Waals surface area contributed by atoms with Crippen molar-refractivity contribution in [1.29, 1.82) is 0 Å². The number of carbonyl (C=O) groups is 2. The third-order valence-corrected chi connectivity index (χ3v) is 10.3. The van der Waals surface area contributed by atoms with E-state index in [1.807, 2.05) is 84.9 Å². The zero-order valence-electron chi connectivity index (χ0n) is 29.9. The second-order valence-corrected chi connectivity index (χ2v) is 16.2. The van der Waals surface area contributed by atoms with Crippen LogP contribution in [0.5, 0.6) is 0 Å². The summed E-state index contributed by atoms with van der Waals surface area (Å²) in [6.07, 6.45) is 4.65. The number of nitrogens with zero attached hydrogens (tertiary/aromatic N) is 2. The van der Waals surface area contributed by atoms with Gasteiger partial charge in [-0.3, -0.25) is 24.8 Å². The summed E-state index contributed by atoms with van der Waals surface area (Å²) < 4.78 is 57.1. The van der Waals surface area contributed by atoms with Crippen LogP contribution in [0.25, 0.3) is 6.08 Å². The smallest absolute Gasteiger partial charge is 0.294 e. The van der Waals surface area contributed by atoms with E-state index in [1.165, 1.54) is 12.1 Å². The fraction of sp³-hybridized carbons (Fsp3) is 0.543. The van der Waals surface area contributed by atoms with Gasteiger partial charge in [-0.25, -0.2) is 13.9 Å². The Kier molecular flexibility index (Phi) is 19.6. The van der Waals surface area contributed by atoms with Gasteiger partial charge in [0.15, 0.2) is 0 Å². The molecule has 0 fully saturated rings. The highest BCUT2D eigenvalue weighted by Crippen LogP contribution is 2.26. The Hall–Kier alpha value is -3.14. The topological polar surface area (TPSA) is 173 Å². The number of sulfonamides is 1. The maximum atomic E-state index is 13.6. The molecule has 0 aliphatic rings. The van der Waals surface area contributed by atoms with Crippen LogP contribution in [0, 0.1) is 30.6 Å². The number of hydroxylamine groups is 1. The largest absolute Gasteiger partial charge is 0.304 e. The van der Waals surface area contributed by atoms with Gasteiger partial charge in [0.25, 0.3) is 10.1 Å². The molecule has 2 aromatic carbocycles. The molecule has 0 aromatic heterocycles. The molecule has 0 radical (unpaired) electrons. The Morgan fingerprint density at radius 1 is 0.857 bits per heavy atom. The Balaban J connectivity index is 0.000000917. The van der Waals surface area contributed by atoms with Crippen molar-refractivity contribution >= 4 is 38.0 Å². The van der Waals surface area contributed by atoms with Gasteiger partial charge < -0.3 is 4.90 Å². The number of allylic oxidation sites excluding steroid dienone is 1. The van der Waals surface area contributed by atoms with Crippen LogP contribution in [-0.4, -0.2) is 79.7 Å². The van der Waals surface area contributed by atoms with Gasteiger partial charge in [0, 0.05) is 6.54 Å². The van der Waals surface area contributed by atoms with Gasteiger partial charge in [0.1, 0.15) is 0 Å². The summed E-state index contributed by atoms with van der Waals surface area (Å²) in [6.45, 7) is 16.0. The Bertz CT molecular complexity index is 1510. The SMILES string of the molecule is CCN(CC)CCCS(=O)(=O)N(CC(C)C)NC(=O)[C@H](CC(C)C)[C@H](CC=Cc1ccccc1)C(=O)NO.Cc1ccc(S(=O)(=O)O)cc1. The first-order chi connectivity index (χ1) is 22.9. The van der Waals surface area contributed by atoms with Gasteiger partial charge in [-0.15, -0.1) is 4.41 Å². The number of hydrogen-bond acceptors (Lipinski definition) is 8. The van der Waals surface area contributed by atoms with Crippen LogP contribution in [0.1, 0.15) is 71.9 Å². The minimum atomic E-state index is -4.02. The number of nitrogens with one attached hydrogen (secondary N) is 2. The van der Waals surface area contributed by atoms with Crippen molar-refractivity contribution in [3.63, 3.8) is 0 Å². The molecule has 2 amide bonds. The Morgan fingerprint density at radius 3 is 1.94 bits per heavy atom. The Labute approximate surface area is 293 Å².